The van der Waals surface area contributed by atoms with Crippen molar-refractivity contribution in [2.45, 2.75) is 19.4 Å². The normalized spacial score (nSPS) is 22.7. The second-order valence-corrected chi connectivity index (χ2v) is 4.52. The van der Waals surface area contributed by atoms with E-state index in [1.54, 1.807) is 4.90 Å². The number of nitrogens with zero attached hydrogens (tertiary/aromatic N) is 1. The van der Waals surface area contributed by atoms with Crippen molar-refractivity contribution in [3.05, 3.63) is 12.1 Å². The van der Waals surface area contributed by atoms with E-state index in [-0.39, 0.29) is 12.1 Å². The fourth-order valence-electron chi connectivity index (χ4n) is 1.53. The summed E-state index contributed by atoms with van der Waals surface area (Å²) in [5.41, 5.74) is -0.979. The minimum atomic E-state index is -4.92. The van der Waals surface area contributed by atoms with Crippen LogP contribution in [0.3, 0.4) is 0 Å². The van der Waals surface area contributed by atoms with Crippen molar-refractivity contribution >= 4 is 6.98 Å². The third kappa shape index (κ3) is 3.24. The topological polar surface area (TPSA) is 12.5 Å². The van der Waals surface area contributed by atoms with Gasteiger partial charge in [0.25, 0.3) is 0 Å². The first-order chi connectivity index (χ1) is 6.73. The lowest BCUT2D eigenvalue weighted by atomic mass is 9.79. The number of morpholine rings is 1. The molecule has 0 unspecified atom stereocenters. The summed E-state index contributed by atoms with van der Waals surface area (Å²) in [5, 5.41) is 0. The molecule has 0 aromatic heterocycles. The van der Waals surface area contributed by atoms with Gasteiger partial charge < -0.3 is 17.7 Å². The summed E-state index contributed by atoms with van der Waals surface area (Å²) >= 11 is 0. The Morgan fingerprint density at radius 2 is 2.07 bits per heavy atom. The molecule has 1 aliphatic rings. The molecule has 0 N–H and O–H groups in total. The third-order valence-corrected chi connectivity index (χ3v) is 2.67. The van der Waals surface area contributed by atoms with E-state index >= 15 is 0 Å². The fourth-order valence-corrected chi connectivity index (χ4v) is 1.53. The molecule has 0 atom stereocenters. The molecular formula is C9H16BF3NO-. The predicted molar refractivity (Wildman–Crippen MR) is 54.7 cm³/mol. The van der Waals surface area contributed by atoms with Crippen LogP contribution in [0.5, 0.6) is 0 Å². The van der Waals surface area contributed by atoms with Gasteiger partial charge in [-0.15, -0.1) is 12.1 Å². The Kier molecular flexibility index (Phi) is 3.50. The van der Waals surface area contributed by atoms with Crippen molar-refractivity contribution in [1.82, 2.24) is 4.90 Å². The maximum Gasteiger partial charge on any atom is 0.506 e. The molecule has 0 amide bonds. The van der Waals surface area contributed by atoms with Gasteiger partial charge in [-0.3, -0.25) is 4.90 Å². The van der Waals surface area contributed by atoms with Crippen LogP contribution in [0, 0.1) is 0 Å². The van der Waals surface area contributed by atoms with Gasteiger partial charge >= 0.3 is 6.98 Å². The molecule has 6 heteroatoms. The number of hydrogen-bond acceptors (Lipinski definition) is 2. The Bertz CT molecular complexity index is 252. The van der Waals surface area contributed by atoms with Crippen molar-refractivity contribution < 1.29 is 17.7 Å². The molecule has 0 aromatic carbocycles. The lowest BCUT2D eigenvalue weighted by molar-refractivity contribution is -0.0459. The zero-order chi connectivity index (χ0) is 11.7. The fraction of sp³-hybridized carbons (Fsp3) is 0.778. The molecule has 1 aliphatic heterocycles. The lowest BCUT2D eigenvalue weighted by Gasteiger charge is -2.43. The zero-order valence-corrected chi connectivity index (χ0v) is 9.10. The molecule has 1 heterocycles. The number of rotatable bonds is 3. The van der Waals surface area contributed by atoms with Crippen LogP contribution in [0.15, 0.2) is 12.1 Å². The van der Waals surface area contributed by atoms with E-state index in [9.17, 15) is 12.9 Å². The van der Waals surface area contributed by atoms with Gasteiger partial charge in [-0.05, 0) is 20.4 Å². The SMILES string of the molecule is C=C(CN1CCOCC1(C)C)[B-](F)(F)F. The zero-order valence-electron chi connectivity index (χ0n) is 9.10. The van der Waals surface area contributed by atoms with E-state index in [0.29, 0.717) is 19.8 Å². The number of halogens is 3. The Morgan fingerprint density at radius 1 is 1.47 bits per heavy atom. The summed E-state index contributed by atoms with van der Waals surface area (Å²) in [4.78, 5) is 1.77. The van der Waals surface area contributed by atoms with Crippen LogP contribution in [0.25, 0.3) is 0 Å². The van der Waals surface area contributed by atoms with Crippen LogP contribution in [0.1, 0.15) is 13.8 Å². The van der Waals surface area contributed by atoms with Crippen molar-refractivity contribution in [3.8, 4) is 0 Å². The van der Waals surface area contributed by atoms with E-state index in [4.69, 9.17) is 4.74 Å². The van der Waals surface area contributed by atoms with Crippen LogP contribution < -0.4 is 0 Å². The van der Waals surface area contributed by atoms with Crippen LogP contribution >= 0.6 is 0 Å². The van der Waals surface area contributed by atoms with Gasteiger partial charge in [-0.2, -0.15) is 0 Å². The first kappa shape index (κ1) is 12.6. The second-order valence-electron chi connectivity index (χ2n) is 4.52. The summed E-state index contributed by atoms with van der Waals surface area (Å²) in [6.07, 6.45) is 0. The van der Waals surface area contributed by atoms with E-state index in [1.807, 2.05) is 13.8 Å². The number of hydrogen-bond donors (Lipinski definition) is 0. The van der Waals surface area contributed by atoms with E-state index in [0.717, 1.165) is 0 Å². The summed E-state index contributed by atoms with van der Waals surface area (Å²) < 4.78 is 42.3. The van der Waals surface area contributed by atoms with Crippen LogP contribution in [0.4, 0.5) is 12.9 Å². The van der Waals surface area contributed by atoms with E-state index < -0.39 is 12.4 Å². The van der Waals surface area contributed by atoms with Crippen molar-refractivity contribution in [2.75, 3.05) is 26.3 Å². The molecule has 1 rings (SSSR count). The standard InChI is InChI=1S/C9H16BF3NO/c1-8(10(11,12)13)6-14-4-5-15-7-9(14,2)3/h1,4-7H2,2-3H3/q-1. The highest BCUT2D eigenvalue weighted by Gasteiger charge is 2.34. The molecule has 1 fully saturated rings. The largest absolute Gasteiger partial charge is 0.506 e. The van der Waals surface area contributed by atoms with Gasteiger partial charge in [0.1, 0.15) is 0 Å². The molecule has 0 aromatic rings. The highest BCUT2D eigenvalue weighted by Crippen LogP contribution is 2.24. The van der Waals surface area contributed by atoms with Crippen molar-refractivity contribution in [2.24, 2.45) is 0 Å². The molecule has 0 saturated carbocycles. The van der Waals surface area contributed by atoms with E-state index in [1.165, 1.54) is 0 Å². The summed E-state index contributed by atoms with van der Waals surface area (Å²) in [7, 11) is 0. The molecule has 0 bridgehead atoms. The molecule has 0 aliphatic carbocycles. The summed E-state index contributed by atoms with van der Waals surface area (Å²) in [6, 6.07) is 0. The maximum atomic E-state index is 12.4. The summed E-state index contributed by atoms with van der Waals surface area (Å²) in [6.45, 7) is 3.31. The van der Waals surface area contributed by atoms with Crippen LogP contribution in [0.2, 0.25) is 0 Å². The van der Waals surface area contributed by atoms with Crippen molar-refractivity contribution in [3.63, 3.8) is 0 Å². The highest BCUT2D eigenvalue weighted by atomic mass is 19.4. The first-order valence-corrected chi connectivity index (χ1v) is 4.94. The molecule has 1 saturated heterocycles. The minimum absolute atomic E-state index is 0.111. The minimum Gasteiger partial charge on any atom is -0.445 e. The number of ether oxygens (including phenoxy) is 1. The monoisotopic (exact) mass is 222 g/mol. The van der Waals surface area contributed by atoms with Gasteiger partial charge in [0.2, 0.25) is 0 Å². The smallest absolute Gasteiger partial charge is 0.445 e. The molecule has 2 nitrogen and oxygen atoms in total. The van der Waals surface area contributed by atoms with Crippen LogP contribution in [-0.2, 0) is 4.74 Å². The predicted octanol–water partition coefficient (Wildman–Crippen LogP) is 2.04. The van der Waals surface area contributed by atoms with Gasteiger partial charge in [-0.1, -0.05) is 0 Å². The first-order valence-electron chi connectivity index (χ1n) is 4.94. The summed E-state index contributed by atoms with van der Waals surface area (Å²) in [5.74, 6) is 0. The maximum absolute atomic E-state index is 12.4. The Morgan fingerprint density at radius 3 is 2.53 bits per heavy atom. The Hall–Kier alpha value is -0.485. The lowest BCUT2D eigenvalue weighted by Crippen LogP contribution is -2.54. The average Bonchev–Trinajstić information content (AvgIpc) is 2.06. The second kappa shape index (κ2) is 4.18. The molecular weight excluding hydrogens is 206 g/mol. The Labute approximate surface area is 88.1 Å². The van der Waals surface area contributed by atoms with E-state index in [2.05, 4.69) is 6.58 Å². The third-order valence-electron chi connectivity index (χ3n) is 2.67. The molecule has 0 radical (unpaired) electrons. The quantitative estimate of drug-likeness (QED) is 0.677. The Balaban J connectivity index is 2.61. The molecule has 0 spiro atoms. The van der Waals surface area contributed by atoms with Crippen LogP contribution in [-0.4, -0.2) is 43.7 Å². The average molecular weight is 222 g/mol. The van der Waals surface area contributed by atoms with Gasteiger partial charge in [0.15, 0.2) is 0 Å². The van der Waals surface area contributed by atoms with Gasteiger partial charge in [0.05, 0.1) is 13.2 Å². The molecule has 15 heavy (non-hydrogen) atoms. The molecule has 88 valence electrons. The highest BCUT2D eigenvalue weighted by molar-refractivity contribution is 6.66. The van der Waals surface area contributed by atoms with Gasteiger partial charge in [-0.25, -0.2) is 0 Å². The van der Waals surface area contributed by atoms with Crippen molar-refractivity contribution in [1.29, 1.82) is 0 Å². The van der Waals surface area contributed by atoms with Gasteiger partial charge in [0, 0.05) is 12.1 Å².